The minimum atomic E-state index is 0.366. The smallest absolute Gasteiger partial charge is 0.0857 e. The number of hydrogen-bond donors (Lipinski definition) is 1. The van der Waals surface area contributed by atoms with Crippen LogP contribution in [-0.2, 0) is 4.74 Å². The van der Waals surface area contributed by atoms with Crippen molar-refractivity contribution < 1.29 is 4.74 Å². The highest BCUT2D eigenvalue weighted by Crippen LogP contribution is 2.20. The summed E-state index contributed by atoms with van der Waals surface area (Å²) in [4.78, 5) is 2.54. The lowest BCUT2D eigenvalue weighted by Crippen LogP contribution is -2.54. The summed E-state index contributed by atoms with van der Waals surface area (Å²) in [6.07, 6.45) is 4.07. The van der Waals surface area contributed by atoms with Crippen LogP contribution >= 0.6 is 0 Å². The van der Waals surface area contributed by atoms with Crippen molar-refractivity contribution in [2.75, 3.05) is 33.3 Å². The molecule has 0 aliphatic carbocycles. The Bertz CT molecular complexity index is 193. The van der Waals surface area contributed by atoms with Gasteiger partial charge in [0.25, 0.3) is 0 Å². The molecule has 0 radical (unpaired) electrons. The number of nitrogens with one attached hydrogen (secondary N) is 1. The van der Waals surface area contributed by atoms with Gasteiger partial charge in [-0.15, -0.1) is 0 Å². The lowest BCUT2D eigenvalue weighted by Gasteiger charge is -2.39. The molecule has 0 aromatic rings. The van der Waals surface area contributed by atoms with Crippen LogP contribution in [0.25, 0.3) is 0 Å². The molecule has 1 aliphatic heterocycles. The van der Waals surface area contributed by atoms with Gasteiger partial charge in [-0.1, -0.05) is 33.6 Å². The van der Waals surface area contributed by atoms with Crippen LogP contribution in [0.1, 0.15) is 40.0 Å². The minimum absolute atomic E-state index is 0.366. The molecule has 1 N–H and O–H groups in total. The molecule has 1 rings (SSSR count). The Morgan fingerprint density at radius 3 is 2.53 bits per heavy atom. The van der Waals surface area contributed by atoms with Crippen molar-refractivity contribution in [1.29, 1.82) is 0 Å². The second-order valence-electron chi connectivity index (χ2n) is 5.10. The van der Waals surface area contributed by atoms with Crippen molar-refractivity contribution in [2.45, 2.75) is 52.2 Å². The van der Waals surface area contributed by atoms with Gasteiger partial charge in [-0.25, -0.2) is 0 Å². The molecule has 3 nitrogen and oxygen atoms in total. The predicted molar refractivity (Wildman–Crippen MR) is 73.4 cm³/mol. The van der Waals surface area contributed by atoms with Gasteiger partial charge < -0.3 is 10.1 Å². The first-order valence-corrected chi connectivity index (χ1v) is 7.27. The van der Waals surface area contributed by atoms with Crippen molar-refractivity contribution in [2.24, 2.45) is 5.92 Å². The maximum atomic E-state index is 5.99. The molecule has 0 saturated carbocycles. The predicted octanol–water partition coefficient (Wildman–Crippen LogP) is 2.12. The number of nitrogens with zero attached hydrogens (tertiary/aromatic N) is 1. The Hall–Kier alpha value is -0.120. The lowest BCUT2D eigenvalue weighted by molar-refractivity contribution is -0.0557. The third-order valence-corrected chi connectivity index (χ3v) is 4.01. The Morgan fingerprint density at radius 2 is 2.00 bits per heavy atom. The van der Waals surface area contributed by atoms with Gasteiger partial charge in [0.1, 0.15) is 0 Å². The highest BCUT2D eigenvalue weighted by Gasteiger charge is 2.30. The molecule has 1 saturated heterocycles. The molecule has 1 aliphatic rings. The first-order chi connectivity index (χ1) is 8.26. The molecule has 1 heterocycles. The molecular weight excluding hydrogens is 212 g/mol. The van der Waals surface area contributed by atoms with Gasteiger partial charge in [0.15, 0.2) is 0 Å². The fraction of sp³-hybridized carbons (Fsp3) is 1.00. The van der Waals surface area contributed by atoms with Gasteiger partial charge in [-0.3, -0.25) is 4.90 Å². The third kappa shape index (κ3) is 4.23. The minimum Gasteiger partial charge on any atom is -0.374 e. The summed E-state index contributed by atoms with van der Waals surface area (Å²) in [5.74, 6) is 0.728. The summed E-state index contributed by atoms with van der Waals surface area (Å²) in [5.41, 5.74) is 0. The summed E-state index contributed by atoms with van der Waals surface area (Å²) in [7, 11) is 2.07. The van der Waals surface area contributed by atoms with Crippen LogP contribution in [-0.4, -0.2) is 50.3 Å². The van der Waals surface area contributed by atoms with Crippen molar-refractivity contribution in [3.8, 4) is 0 Å². The summed E-state index contributed by atoms with van der Waals surface area (Å²) in [6.45, 7) is 11.1. The van der Waals surface area contributed by atoms with E-state index in [4.69, 9.17) is 4.74 Å². The van der Waals surface area contributed by atoms with Crippen LogP contribution in [0.15, 0.2) is 0 Å². The van der Waals surface area contributed by atoms with E-state index in [0.717, 1.165) is 25.6 Å². The zero-order valence-electron chi connectivity index (χ0n) is 12.0. The first-order valence-electron chi connectivity index (χ1n) is 7.27. The zero-order chi connectivity index (χ0) is 12.7. The van der Waals surface area contributed by atoms with Crippen molar-refractivity contribution in [1.82, 2.24) is 10.2 Å². The van der Waals surface area contributed by atoms with E-state index in [1.165, 1.54) is 25.8 Å². The Balaban J connectivity index is 2.55. The van der Waals surface area contributed by atoms with E-state index in [0.29, 0.717) is 12.1 Å². The van der Waals surface area contributed by atoms with E-state index >= 15 is 0 Å². The Labute approximate surface area is 107 Å². The van der Waals surface area contributed by atoms with Gasteiger partial charge in [-0.05, 0) is 25.9 Å². The summed E-state index contributed by atoms with van der Waals surface area (Å²) < 4.78 is 5.99. The van der Waals surface area contributed by atoms with Gasteiger partial charge in [0.2, 0.25) is 0 Å². The summed E-state index contributed by atoms with van der Waals surface area (Å²) in [5, 5.41) is 3.48. The molecule has 2 unspecified atom stereocenters. The maximum Gasteiger partial charge on any atom is 0.0857 e. The molecule has 1 fully saturated rings. The third-order valence-electron chi connectivity index (χ3n) is 4.01. The molecule has 0 aromatic heterocycles. The number of hydrogen-bond acceptors (Lipinski definition) is 3. The van der Waals surface area contributed by atoms with Gasteiger partial charge >= 0.3 is 0 Å². The molecule has 2 atom stereocenters. The number of morpholine rings is 1. The molecule has 0 amide bonds. The largest absolute Gasteiger partial charge is 0.374 e. The van der Waals surface area contributed by atoms with Crippen LogP contribution in [0, 0.1) is 5.92 Å². The Kier molecular flexibility index (Phi) is 7.09. The zero-order valence-corrected chi connectivity index (χ0v) is 12.0. The molecule has 0 aromatic carbocycles. The summed E-state index contributed by atoms with van der Waals surface area (Å²) in [6, 6.07) is 0.504. The van der Waals surface area contributed by atoms with E-state index in [-0.39, 0.29) is 0 Å². The molecule has 0 bridgehead atoms. The van der Waals surface area contributed by atoms with Gasteiger partial charge in [0, 0.05) is 19.1 Å². The van der Waals surface area contributed by atoms with E-state index in [2.05, 4.69) is 38.0 Å². The lowest BCUT2D eigenvalue weighted by atomic mass is 9.89. The second kappa shape index (κ2) is 8.06. The van der Waals surface area contributed by atoms with Crippen LogP contribution in [0.4, 0.5) is 0 Å². The highest BCUT2D eigenvalue weighted by molar-refractivity contribution is 4.86. The number of rotatable bonds is 7. The van der Waals surface area contributed by atoms with Crippen LogP contribution in [0.5, 0.6) is 0 Å². The van der Waals surface area contributed by atoms with Gasteiger partial charge in [-0.2, -0.15) is 0 Å². The van der Waals surface area contributed by atoms with E-state index < -0.39 is 0 Å². The van der Waals surface area contributed by atoms with Crippen molar-refractivity contribution >= 4 is 0 Å². The van der Waals surface area contributed by atoms with Crippen LogP contribution < -0.4 is 5.32 Å². The van der Waals surface area contributed by atoms with Crippen molar-refractivity contribution in [3.63, 3.8) is 0 Å². The molecule has 102 valence electrons. The number of likely N-dealkylation sites (N-methyl/N-ethyl adjacent to an activating group) is 1. The molecule has 17 heavy (non-hydrogen) atoms. The molecule has 0 spiro atoms. The Morgan fingerprint density at radius 1 is 1.29 bits per heavy atom. The normalized spacial score (nSPS) is 24.2. The SMILES string of the molecule is CCCN1CCOC(C(NC)C(CC)CC)C1. The standard InChI is InChI=1S/C14H30N2O/c1-5-8-16-9-10-17-13(11-16)14(15-4)12(6-2)7-3/h12-15H,5-11H2,1-4H3. The van der Waals surface area contributed by atoms with E-state index in [9.17, 15) is 0 Å². The number of ether oxygens (including phenoxy) is 1. The van der Waals surface area contributed by atoms with Crippen molar-refractivity contribution in [3.05, 3.63) is 0 Å². The molecular formula is C14H30N2O. The topological polar surface area (TPSA) is 24.5 Å². The molecule has 3 heteroatoms. The average Bonchev–Trinajstić information content (AvgIpc) is 2.36. The quantitative estimate of drug-likeness (QED) is 0.740. The van der Waals surface area contributed by atoms with Gasteiger partial charge in [0.05, 0.1) is 12.7 Å². The fourth-order valence-corrected chi connectivity index (χ4v) is 2.99. The van der Waals surface area contributed by atoms with E-state index in [1.807, 2.05) is 0 Å². The second-order valence-corrected chi connectivity index (χ2v) is 5.10. The monoisotopic (exact) mass is 242 g/mol. The van der Waals surface area contributed by atoms with Crippen LogP contribution in [0.2, 0.25) is 0 Å². The highest BCUT2D eigenvalue weighted by atomic mass is 16.5. The van der Waals surface area contributed by atoms with E-state index in [1.54, 1.807) is 0 Å². The first kappa shape index (κ1) is 14.9. The maximum absolute atomic E-state index is 5.99. The average molecular weight is 242 g/mol. The summed E-state index contributed by atoms with van der Waals surface area (Å²) >= 11 is 0. The van der Waals surface area contributed by atoms with Crippen LogP contribution in [0.3, 0.4) is 0 Å². The fourth-order valence-electron chi connectivity index (χ4n) is 2.99.